The van der Waals surface area contributed by atoms with E-state index in [0.29, 0.717) is 5.56 Å². The van der Waals surface area contributed by atoms with Crippen LogP contribution >= 0.6 is 23.2 Å². The summed E-state index contributed by atoms with van der Waals surface area (Å²) in [6.07, 6.45) is -1.54. The number of carboxylic acids is 2. The Morgan fingerprint density at radius 1 is 0.636 bits per heavy atom. The zero-order valence-corrected chi connectivity index (χ0v) is 32.4. The Morgan fingerprint density at radius 2 is 1.13 bits per heavy atom. The van der Waals surface area contributed by atoms with Crippen molar-refractivity contribution in [2.75, 3.05) is 0 Å². The van der Waals surface area contributed by atoms with Crippen LogP contribution in [0, 0.1) is 11.8 Å². The smallest absolute Gasteiger partial charge is 0.326 e. The number of carbonyl (C=O) groups excluding carboxylic acids is 6. The summed E-state index contributed by atoms with van der Waals surface area (Å²) in [4.78, 5) is 103. The predicted octanol–water partition coefficient (Wildman–Crippen LogP) is 2.19. The van der Waals surface area contributed by atoms with Gasteiger partial charge in [0, 0.05) is 18.4 Å². The van der Waals surface area contributed by atoms with E-state index in [-0.39, 0.29) is 59.5 Å². The van der Waals surface area contributed by atoms with Gasteiger partial charge in [-0.2, -0.15) is 0 Å². The van der Waals surface area contributed by atoms with Crippen molar-refractivity contribution in [3.05, 3.63) is 69.7 Å². The number of carbonyl (C=O) groups is 8. The van der Waals surface area contributed by atoms with Gasteiger partial charge in [0.1, 0.15) is 30.2 Å². The van der Waals surface area contributed by atoms with Crippen molar-refractivity contribution in [1.29, 1.82) is 0 Å². The summed E-state index contributed by atoms with van der Waals surface area (Å²) in [6, 6.07) is 5.24. The second kappa shape index (κ2) is 22.2. The number of rotatable bonds is 22. The normalized spacial score (nSPS) is 13.7. The molecule has 5 atom stereocenters. The topological polar surface area (TPSA) is 263 Å². The number of benzene rings is 2. The number of aliphatic carboxylic acids is 2. The molecule has 2 aromatic carbocycles. The van der Waals surface area contributed by atoms with Crippen LogP contribution < -0.4 is 32.3 Å². The number of carboxylic acid groups (broad SMARTS) is 2. The first-order chi connectivity index (χ1) is 25.8. The maximum atomic E-state index is 13.7. The van der Waals surface area contributed by atoms with E-state index in [2.05, 4.69) is 26.6 Å². The van der Waals surface area contributed by atoms with Crippen LogP contribution in [0.1, 0.15) is 75.7 Å². The lowest BCUT2D eigenvalue weighted by atomic mass is 10.00. The van der Waals surface area contributed by atoms with Crippen molar-refractivity contribution in [2.45, 2.75) is 96.4 Å². The minimum Gasteiger partial charge on any atom is -0.481 e. The summed E-state index contributed by atoms with van der Waals surface area (Å²) in [6.45, 7) is 6.98. The molecule has 2 aromatic rings. The van der Waals surface area contributed by atoms with Crippen molar-refractivity contribution in [2.24, 2.45) is 17.6 Å². The molecule has 0 aliphatic carbocycles. The molecule has 55 heavy (non-hydrogen) atoms. The molecule has 0 fully saturated rings. The molecular weight excluding hydrogens is 759 g/mol. The largest absolute Gasteiger partial charge is 0.481 e. The lowest BCUT2D eigenvalue weighted by molar-refractivity contribution is -0.143. The average Bonchev–Trinajstić information content (AvgIpc) is 3.09. The standard InChI is InChI=1S/C37H48Cl2N6O10/c1-19(2)14-26(42-33(50)25(12-13-30(40)46)41-32(49)22-8-6-5-7-9-22)34(51)44-28(18-31(47)48)36(53)43-27(15-20(3)4)35(52)45-29(37(54)55)17-21-10-11-23(38)24(39)16-21/h5-11,16,19-20,25-29H,12-15,17-18H2,1-4H3,(H2,40,46)(H,41,49)(H,42,50)(H,43,53)(H,44,51)(H,45,52)(H,47,48)(H,54,55)/t25-,26-,27-,28-,29-/m0/s1. The third-order valence-electron chi connectivity index (χ3n) is 8.07. The summed E-state index contributed by atoms with van der Waals surface area (Å²) in [5, 5.41) is 32.2. The van der Waals surface area contributed by atoms with Crippen molar-refractivity contribution in [3.8, 4) is 0 Å². The zero-order valence-electron chi connectivity index (χ0n) is 30.9. The molecule has 0 heterocycles. The number of nitrogens with two attached hydrogens (primary N) is 1. The lowest BCUT2D eigenvalue weighted by Crippen LogP contribution is -2.59. The minimum atomic E-state index is -1.74. The van der Waals surface area contributed by atoms with Gasteiger partial charge in [-0.25, -0.2) is 4.79 Å². The van der Waals surface area contributed by atoms with Crippen molar-refractivity contribution in [1.82, 2.24) is 26.6 Å². The molecule has 0 aromatic heterocycles. The van der Waals surface area contributed by atoms with E-state index in [0.717, 1.165) is 0 Å². The molecule has 300 valence electrons. The predicted molar refractivity (Wildman–Crippen MR) is 203 cm³/mol. The summed E-state index contributed by atoms with van der Waals surface area (Å²) >= 11 is 12.0. The maximum absolute atomic E-state index is 13.7. The first-order valence-corrected chi connectivity index (χ1v) is 18.3. The van der Waals surface area contributed by atoms with Crippen molar-refractivity contribution < 1.29 is 48.6 Å². The van der Waals surface area contributed by atoms with Crippen molar-refractivity contribution in [3.63, 3.8) is 0 Å². The Bertz CT molecular complexity index is 1710. The highest BCUT2D eigenvalue weighted by atomic mass is 35.5. The van der Waals surface area contributed by atoms with Crippen LogP contribution in [0.5, 0.6) is 0 Å². The Balaban J connectivity index is 2.29. The first kappa shape index (κ1) is 45.9. The molecule has 0 aliphatic rings. The number of nitrogens with one attached hydrogen (secondary N) is 5. The van der Waals surface area contributed by atoms with Crippen molar-refractivity contribution >= 4 is 70.6 Å². The fourth-order valence-electron chi connectivity index (χ4n) is 5.37. The van der Waals surface area contributed by atoms with Gasteiger partial charge in [0.25, 0.3) is 5.91 Å². The minimum absolute atomic E-state index is 0.0118. The fraction of sp³-hybridized carbons (Fsp3) is 0.459. The second-order valence-corrected chi connectivity index (χ2v) is 14.6. The van der Waals surface area contributed by atoms with E-state index in [1.165, 1.54) is 24.3 Å². The summed E-state index contributed by atoms with van der Waals surface area (Å²) in [5.41, 5.74) is 5.97. The molecule has 18 heteroatoms. The Labute approximate surface area is 328 Å². The van der Waals surface area contributed by atoms with E-state index < -0.39 is 84.0 Å². The number of halogens is 2. The number of hydrogen-bond donors (Lipinski definition) is 8. The van der Waals surface area contributed by atoms with Gasteiger partial charge >= 0.3 is 11.9 Å². The van der Waals surface area contributed by atoms with Crippen LogP contribution in [0.25, 0.3) is 0 Å². The van der Waals surface area contributed by atoms with Gasteiger partial charge in [-0.05, 0) is 60.9 Å². The molecule has 2 rings (SSSR count). The van der Waals surface area contributed by atoms with E-state index in [4.69, 9.17) is 28.9 Å². The first-order valence-electron chi connectivity index (χ1n) is 17.5. The zero-order chi connectivity index (χ0) is 41.4. The number of primary amides is 1. The lowest BCUT2D eigenvalue weighted by Gasteiger charge is -2.27. The molecule has 16 nitrogen and oxygen atoms in total. The second-order valence-electron chi connectivity index (χ2n) is 13.8. The third kappa shape index (κ3) is 16.4. The molecule has 0 aliphatic heterocycles. The molecule has 0 bridgehead atoms. The summed E-state index contributed by atoms with van der Waals surface area (Å²) < 4.78 is 0. The molecule has 9 N–H and O–H groups in total. The van der Waals surface area contributed by atoms with E-state index in [1.807, 2.05) is 0 Å². The molecule has 0 saturated heterocycles. The Kier molecular flexibility index (Phi) is 18.6. The number of amides is 6. The van der Waals surface area contributed by atoms with Gasteiger partial charge < -0.3 is 42.5 Å². The van der Waals surface area contributed by atoms with Gasteiger partial charge in [-0.3, -0.25) is 33.6 Å². The van der Waals surface area contributed by atoms with Crippen LogP contribution in [0.4, 0.5) is 0 Å². The molecule has 0 spiro atoms. The van der Waals surface area contributed by atoms with Crippen LogP contribution in [0.15, 0.2) is 48.5 Å². The molecule has 6 amide bonds. The van der Waals surface area contributed by atoms with Gasteiger partial charge in [-0.1, -0.05) is 75.2 Å². The van der Waals surface area contributed by atoms with Crippen LogP contribution in [0.3, 0.4) is 0 Å². The highest BCUT2D eigenvalue weighted by Gasteiger charge is 2.34. The van der Waals surface area contributed by atoms with Crippen LogP contribution in [-0.2, 0) is 40.0 Å². The Morgan fingerprint density at radius 3 is 1.60 bits per heavy atom. The fourth-order valence-corrected chi connectivity index (χ4v) is 5.69. The summed E-state index contributed by atoms with van der Waals surface area (Å²) in [7, 11) is 0. The molecule has 0 saturated carbocycles. The average molecular weight is 808 g/mol. The molecule has 0 radical (unpaired) electrons. The van der Waals surface area contributed by atoms with E-state index >= 15 is 0 Å². The van der Waals surface area contributed by atoms with Gasteiger partial charge in [0.05, 0.1) is 16.5 Å². The van der Waals surface area contributed by atoms with Crippen LogP contribution in [0.2, 0.25) is 10.0 Å². The van der Waals surface area contributed by atoms with Gasteiger partial charge in [0.2, 0.25) is 29.5 Å². The SMILES string of the molecule is CC(C)C[C@H](NC(=O)[C@H](CC(=O)O)NC(=O)[C@H](CC(C)C)NC(=O)[C@H](CCC(N)=O)NC(=O)c1ccccc1)C(=O)N[C@@H](Cc1ccc(Cl)c(Cl)c1)C(=O)O. The van der Waals surface area contributed by atoms with E-state index in [1.54, 1.807) is 52.0 Å². The maximum Gasteiger partial charge on any atom is 0.326 e. The van der Waals surface area contributed by atoms with Crippen LogP contribution in [-0.4, -0.2) is 87.8 Å². The Hall–Kier alpha value is -5.22. The quantitative estimate of drug-likeness (QED) is 0.0860. The molecular formula is C37H48Cl2N6O10. The summed E-state index contributed by atoms with van der Waals surface area (Å²) in [5.74, 6) is -8.35. The van der Waals surface area contributed by atoms with Gasteiger partial charge in [-0.15, -0.1) is 0 Å². The third-order valence-corrected chi connectivity index (χ3v) is 8.81. The monoisotopic (exact) mass is 806 g/mol. The number of hydrogen-bond acceptors (Lipinski definition) is 8. The highest BCUT2D eigenvalue weighted by Crippen LogP contribution is 2.23. The molecule has 0 unspecified atom stereocenters. The van der Waals surface area contributed by atoms with Gasteiger partial charge in [0.15, 0.2) is 0 Å². The highest BCUT2D eigenvalue weighted by molar-refractivity contribution is 6.42. The van der Waals surface area contributed by atoms with E-state index in [9.17, 15) is 48.6 Å².